The molecule has 1 N–H and O–H groups in total. The summed E-state index contributed by atoms with van der Waals surface area (Å²) in [7, 11) is 0. The summed E-state index contributed by atoms with van der Waals surface area (Å²) in [6, 6.07) is 5.81. The highest BCUT2D eigenvalue weighted by Gasteiger charge is 2.17. The first-order valence-electron chi connectivity index (χ1n) is 8.02. The van der Waals surface area contributed by atoms with Gasteiger partial charge in [0.15, 0.2) is 5.13 Å². The van der Waals surface area contributed by atoms with Crippen LogP contribution < -0.4 is 10.1 Å². The number of carbonyl (C=O) groups excluding carboxylic acids is 1. The first-order chi connectivity index (χ1) is 10.7. The average Bonchev–Trinajstić information content (AvgIpc) is 2.89. The molecule has 0 aliphatic heterocycles. The van der Waals surface area contributed by atoms with Gasteiger partial charge in [0.1, 0.15) is 5.75 Å². The molecule has 2 rings (SSSR count). The largest absolute Gasteiger partial charge is 0.494 e. The van der Waals surface area contributed by atoms with E-state index in [2.05, 4.69) is 24.1 Å². The van der Waals surface area contributed by atoms with E-state index >= 15 is 0 Å². The van der Waals surface area contributed by atoms with Crippen LogP contribution in [0.4, 0.5) is 5.13 Å². The Morgan fingerprint density at radius 1 is 1.36 bits per heavy atom. The van der Waals surface area contributed by atoms with E-state index in [-0.39, 0.29) is 11.8 Å². The number of unbranched alkanes of at least 4 members (excludes halogenated alkanes) is 1. The number of ether oxygens (including phenoxy) is 1. The van der Waals surface area contributed by atoms with Crippen molar-refractivity contribution in [3.05, 3.63) is 18.2 Å². The molecule has 0 saturated heterocycles. The molecule has 1 heterocycles. The molecule has 1 amide bonds. The maximum Gasteiger partial charge on any atom is 0.229 e. The molecule has 22 heavy (non-hydrogen) atoms. The Kier molecular flexibility index (Phi) is 6.19. The molecule has 4 nitrogen and oxygen atoms in total. The number of rotatable bonds is 8. The van der Waals surface area contributed by atoms with Gasteiger partial charge in [-0.3, -0.25) is 4.79 Å². The summed E-state index contributed by atoms with van der Waals surface area (Å²) in [5, 5.41) is 3.64. The highest BCUT2D eigenvalue weighted by atomic mass is 32.1. The monoisotopic (exact) mass is 320 g/mol. The third-order valence-electron chi connectivity index (χ3n) is 3.67. The van der Waals surface area contributed by atoms with Crippen LogP contribution in [0, 0.1) is 5.92 Å². The lowest BCUT2D eigenvalue weighted by molar-refractivity contribution is -0.120. The summed E-state index contributed by atoms with van der Waals surface area (Å²) >= 11 is 1.49. The normalized spacial score (nSPS) is 12.3. The maximum absolute atomic E-state index is 12.3. The van der Waals surface area contributed by atoms with E-state index in [1.54, 1.807) is 0 Å². The van der Waals surface area contributed by atoms with Gasteiger partial charge in [-0.25, -0.2) is 4.98 Å². The summed E-state index contributed by atoms with van der Waals surface area (Å²) in [5.41, 5.74) is 0.894. The Labute approximate surface area is 135 Å². The van der Waals surface area contributed by atoms with Gasteiger partial charge in [-0.1, -0.05) is 38.0 Å². The highest BCUT2D eigenvalue weighted by Crippen LogP contribution is 2.30. The van der Waals surface area contributed by atoms with Gasteiger partial charge in [0.05, 0.1) is 16.8 Å². The molecule has 0 fully saturated rings. The second-order valence-electron chi connectivity index (χ2n) is 5.32. The zero-order chi connectivity index (χ0) is 15.9. The molecular formula is C17H24N2O2S. The quantitative estimate of drug-likeness (QED) is 0.756. The van der Waals surface area contributed by atoms with Crippen LogP contribution in [0.1, 0.15) is 46.5 Å². The Hall–Kier alpha value is -1.62. The van der Waals surface area contributed by atoms with Gasteiger partial charge in [-0.15, -0.1) is 0 Å². The molecular weight excluding hydrogens is 296 g/mol. The van der Waals surface area contributed by atoms with E-state index in [0.717, 1.165) is 41.6 Å². The molecule has 2 aromatic rings. The third kappa shape index (κ3) is 4.19. The molecule has 0 aliphatic carbocycles. The van der Waals surface area contributed by atoms with Crippen molar-refractivity contribution in [2.24, 2.45) is 5.92 Å². The van der Waals surface area contributed by atoms with Crippen LogP contribution in [-0.4, -0.2) is 17.5 Å². The average molecular weight is 320 g/mol. The lowest BCUT2D eigenvalue weighted by Crippen LogP contribution is -2.22. The standard InChI is InChI=1S/C17H24N2O2S/c1-4-7-8-12(5-2)16(20)19-17-18-14-10-9-13(21-6-3)11-15(14)22-17/h9-12H,4-8H2,1-3H3,(H,18,19,20)/t12-/m1/s1. The number of thiazole rings is 1. The predicted octanol–water partition coefficient (Wildman–Crippen LogP) is 4.85. The van der Waals surface area contributed by atoms with Crippen LogP contribution in [-0.2, 0) is 4.79 Å². The summed E-state index contributed by atoms with van der Waals surface area (Å²) in [6.45, 7) is 6.81. The smallest absolute Gasteiger partial charge is 0.229 e. The fourth-order valence-electron chi connectivity index (χ4n) is 2.39. The molecule has 0 unspecified atom stereocenters. The van der Waals surface area contributed by atoms with Crippen molar-refractivity contribution in [1.29, 1.82) is 0 Å². The van der Waals surface area contributed by atoms with Gasteiger partial charge in [-0.2, -0.15) is 0 Å². The van der Waals surface area contributed by atoms with Crippen molar-refractivity contribution >= 4 is 32.6 Å². The van der Waals surface area contributed by atoms with E-state index in [0.29, 0.717) is 11.7 Å². The number of fused-ring (bicyclic) bond motifs is 1. The lowest BCUT2D eigenvalue weighted by atomic mass is 9.99. The Balaban J connectivity index is 2.08. The molecule has 0 aliphatic rings. The number of hydrogen-bond acceptors (Lipinski definition) is 4. The second-order valence-corrected chi connectivity index (χ2v) is 6.35. The molecule has 0 spiro atoms. The molecule has 0 radical (unpaired) electrons. The Morgan fingerprint density at radius 3 is 2.86 bits per heavy atom. The Morgan fingerprint density at radius 2 is 2.18 bits per heavy atom. The summed E-state index contributed by atoms with van der Waals surface area (Å²) in [5.74, 6) is 0.997. The summed E-state index contributed by atoms with van der Waals surface area (Å²) < 4.78 is 6.53. The van der Waals surface area contributed by atoms with Crippen LogP contribution in [0.5, 0.6) is 5.75 Å². The summed E-state index contributed by atoms with van der Waals surface area (Å²) in [4.78, 5) is 16.8. The van der Waals surface area contributed by atoms with Crippen LogP contribution in [0.2, 0.25) is 0 Å². The third-order valence-corrected chi connectivity index (χ3v) is 4.60. The number of benzene rings is 1. The van der Waals surface area contributed by atoms with Gasteiger partial charge < -0.3 is 10.1 Å². The number of hydrogen-bond donors (Lipinski definition) is 1. The molecule has 0 saturated carbocycles. The van der Waals surface area contributed by atoms with Crippen molar-refractivity contribution in [3.8, 4) is 5.75 Å². The first kappa shape index (κ1) is 16.7. The van der Waals surface area contributed by atoms with Crippen molar-refractivity contribution in [2.75, 3.05) is 11.9 Å². The molecule has 0 bridgehead atoms. The van der Waals surface area contributed by atoms with Crippen LogP contribution in [0.15, 0.2) is 18.2 Å². The molecule has 5 heteroatoms. The SMILES string of the molecule is CCCC[C@@H](CC)C(=O)Nc1nc2ccc(OCC)cc2s1. The number of carbonyl (C=O) groups is 1. The van der Waals surface area contributed by atoms with Crippen molar-refractivity contribution in [2.45, 2.75) is 46.5 Å². The van der Waals surface area contributed by atoms with Crippen molar-refractivity contribution in [3.63, 3.8) is 0 Å². The molecule has 1 atom stereocenters. The second kappa shape index (κ2) is 8.13. The maximum atomic E-state index is 12.3. The van der Waals surface area contributed by atoms with Crippen molar-refractivity contribution in [1.82, 2.24) is 4.98 Å². The zero-order valence-corrected chi connectivity index (χ0v) is 14.3. The van der Waals surface area contributed by atoms with Crippen LogP contribution in [0.25, 0.3) is 10.2 Å². The fourth-order valence-corrected chi connectivity index (χ4v) is 3.29. The van der Waals surface area contributed by atoms with E-state index in [1.165, 1.54) is 11.3 Å². The highest BCUT2D eigenvalue weighted by molar-refractivity contribution is 7.22. The minimum Gasteiger partial charge on any atom is -0.494 e. The van der Waals surface area contributed by atoms with Gasteiger partial charge in [0, 0.05) is 5.92 Å². The fraction of sp³-hybridized carbons (Fsp3) is 0.529. The molecule has 1 aromatic heterocycles. The van der Waals surface area contributed by atoms with E-state index < -0.39 is 0 Å². The van der Waals surface area contributed by atoms with Gasteiger partial charge in [0.25, 0.3) is 0 Å². The number of nitrogens with one attached hydrogen (secondary N) is 1. The number of amides is 1. The zero-order valence-electron chi connectivity index (χ0n) is 13.5. The first-order valence-corrected chi connectivity index (χ1v) is 8.83. The van der Waals surface area contributed by atoms with Crippen molar-refractivity contribution < 1.29 is 9.53 Å². The minimum absolute atomic E-state index is 0.0750. The number of anilines is 1. The van der Waals surface area contributed by atoms with Crippen LogP contribution in [0.3, 0.4) is 0 Å². The van der Waals surface area contributed by atoms with E-state index in [4.69, 9.17) is 4.74 Å². The molecule has 1 aromatic carbocycles. The number of aromatic nitrogens is 1. The lowest BCUT2D eigenvalue weighted by Gasteiger charge is -2.12. The topological polar surface area (TPSA) is 51.2 Å². The predicted molar refractivity (Wildman–Crippen MR) is 92.7 cm³/mol. The van der Waals surface area contributed by atoms with Crippen LogP contribution >= 0.6 is 11.3 Å². The van der Waals surface area contributed by atoms with Gasteiger partial charge in [-0.05, 0) is 38.0 Å². The molecule has 120 valence electrons. The number of nitrogens with zero attached hydrogens (tertiary/aromatic N) is 1. The van der Waals surface area contributed by atoms with E-state index in [9.17, 15) is 4.79 Å². The van der Waals surface area contributed by atoms with Gasteiger partial charge >= 0.3 is 0 Å². The Bertz CT molecular complexity index is 624. The van der Waals surface area contributed by atoms with Gasteiger partial charge in [0.2, 0.25) is 5.91 Å². The van der Waals surface area contributed by atoms with E-state index in [1.807, 2.05) is 25.1 Å². The minimum atomic E-state index is 0.0750. The summed E-state index contributed by atoms with van der Waals surface area (Å²) in [6.07, 6.45) is 4.01.